The predicted octanol–water partition coefficient (Wildman–Crippen LogP) is 3.25. The molecule has 0 aliphatic carbocycles. The van der Waals surface area contributed by atoms with Gasteiger partial charge >= 0.3 is 0 Å². The zero-order valence-electron chi connectivity index (χ0n) is 15.3. The SMILES string of the molecule is CC(C)N(C)[C@@H]1CCN(C(=O)c2ccncc2)[C@H]1Cc1ccccc1. The summed E-state index contributed by atoms with van der Waals surface area (Å²) in [4.78, 5) is 21.6. The Balaban J connectivity index is 1.87. The maximum absolute atomic E-state index is 13.1. The first-order valence-corrected chi connectivity index (χ1v) is 9.04. The Morgan fingerprint density at radius 1 is 1.20 bits per heavy atom. The fourth-order valence-corrected chi connectivity index (χ4v) is 3.71. The van der Waals surface area contributed by atoms with Gasteiger partial charge in [-0.1, -0.05) is 30.3 Å². The fourth-order valence-electron chi connectivity index (χ4n) is 3.71. The summed E-state index contributed by atoms with van der Waals surface area (Å²) in [6.45, 7) is 5.24. The number of nitrogens with zero attached hydrogens (tertiary/aromatic N) is 3. The van der Waals surface area contributed by atoms with Gasteiger partial charge in [-0.05, 0) is 51.4 Å². The minimum atomic E-state index is 0.114. The van der Waals surface area contributed by atoms with Crippen LogP contribution in [0.15, 0.2) is 54.9 Å². The van der Waals surface area contributed by atoms with Crippen LogP contribution in [0.4, 0.5) is 0 Å². The molecule has 0 bridgehead atoms. The Hall–Kier alpha value is -2.20. The number of hydrogen-bond donors (Lipinski definition) is 0. The van der Waals surface area contributed by atoms with Crippen LogP contribution < -0.4 is 0 Å². The highest BCUT2D eigenvalue weighted by Gasteiger charge is 2.39. The van der Waals surface area contributed by atoms with Gasteiger partial charge in [0, 0.05) is 36.6 Å². The number of carbonyl (C=O) groups is 1. The second kappa shape index (κ2) is 7.79. The first-order chi connectivity index (χ1) is 12.1. The molecule has 2 aromatic rings. The molecule has 0 N–H and O–H groups in total. The Kier molecular flexibility index (Phi) is 5.49. The van der Waals surface area contributed by atoms with Crippen LogP contribution in [0.2, 0.25) is 0 Å². The molecular weight excluding hydrogens is 310 g/mol. The second-order valence-corrected chi connectivity index (χ2v) is 7.11. The van der Waals surface area contributed by atoms with Crippen LogP contribution in [0.3, 0.4) is 0 Å². The van der Waals surface area contributed by atoms with E-state index in [1.54, 1.807) is 24.5 Å². The summed E-state index contributed by atoms with van der Waals surface area (Å²) in [5.74, 6) is 0.114. The number of hydrogen-bond acceptors (Lipinski definition) is 3. The van der Waals surface area contributed by atoms with Gasteiger partial charge in [0.05, 0.1) is 6.04 Å². The van der Waals surface area contributed by atoms with Crippen molar-refractivity contribution in [3.63, 3.8) is 0 Å². The monoisotopic (exact) mass is 337 g/mol. The van der Waals surface area contributed by atoms with E-state index in [0.717, 1.165) is 24.9 Å². The third-order valence-corrected chi connectivity index (χ3v) is 5.32. The number of rotatable bonds is 5. The van der Waals surface area contributed by atoms with Crippen LogP contribution in [-0.4, -0.2) is 52.4 Å². The van der Waals surface area contributed by atoms with Gasteiger partial charge in [-0.25, -0.2) is 0 Å². The molecule has 4 nitrogen and oxygen atoms in total. The smallest absolute Gasteiger partial charge is 0.254 e. The van der Waals surface area contributed by atoms with Crippen molar-refractivity contribution in [3.8, 4) is 0 Å². The van der Waals surface area contributed by atoms with Crippen molar-refractivity contribution in [3.05, 3.63) is 66.0 Å². The van der Waals surface area contributed by atoms with E-state index in [1.165, 1.54) is 5.56 Å². The highest BCUT2D eigenvalue weighted by atomic mass is 16.2. The van der Waals surface area contributed by atoms with E-state index in [9.17, 15) is 4.79 Å². The Morgan fingerprint density at radius 2 is 1.88 bits per heavy atom. The van der Waals surface area contributed by atoms with Crippen LogP contribution in [0.1, 0.15) is 36.2 Å². The van der Waals surface area contributed by atoms with Crippen molar-refractivity contribution in [2.24, 2.45) is 0 Å². The van der Waals surface area contributed by atoms with Crippen molar-refractivity contribution in [2.75, 3.05) is 13.6 Å². The van der Waals surface area contributed by atoms with Gasteiger partial charge in [-0.3, -0.25) is 14.7 Å². The van der Waals surface area contributed by atoms with E-state index < -0.39 is 0 Å². The average molecular weight is 337 g/mol. The lowest BCUT2D eigenvalue weighted by atomic mass is 9.98. The molecule has 2 heterocycles. The van der Waals surface area contributed by atoms with E-state index in [-0.39, 0.29) is 11.9 Å². The first-order valence-electron chi connectivity index (χ1n) is 9.04. The number of aromatic nitrogens is 1. The molecule has 4 heteroatoms. The van der Waals surface area contributed by atoms with E-state index in [2.05, 4.69) is 59.9 Å². The summed E-state index contributed by atoms with van der Waals surface area (Å²) in [5, 5.41) is 0. The Labute approximate surface area is 150 Å². The third-order valence-electron chi connectivity index (χ3n) is 5.32. The second-order valence-electron chi connectivity index (χ2n) is 7.11. The topological polar surface area (TPSA) is 36.4 Å². The number of amides is 1. The molecule has 0 unspecified atom stereocenters. The molecule has 1 aliphatic rings. The maximum atomic E-state index is 13.1. The molecule has 0 spiro atoms. The van der Waals surface area contributed by atoms with E-state index in [4.69, 9.17) is 0 Å². The normalized spacial score (nSPS) is 20.4. The standard InChI is InChI=1S/C21H27N3O/c1-16(2)23(3)19-11-14-24(21(25)18-9-12-22-13-10-18)20(19)15-17-7-5-4-6-8-17/h4-10,12-13,16,19-20H,11,14-15H2,1-3H3/t19-,20+/m1/s1. The van der Waals surface area contributed by atoms with Gasteiger partial charge in [0.2, 0.25) is 0 Å². The van der Waals surface area contributed by atoms with Crippen LogP contribution in [0, 0.1) is 0 Å². The first kappa shape index (κ1) is 17.6. The molecule has 3 rings (SSSR count). The van der Waals surface area contributed by atoms with Crippen LogP contribution in [-0.2, 0) is 6.42 Å². The summed E-state index contributed by atoms with van der Waals surface area (Å²) in [6.07, 6.45) is 5.28. The lowest BCUT2D eigenvalue weighted by Crippen LogP contribution is -2.48. The molecule has 1 aliphatic heterocycles. The van der Waals surface area contributed by atoms with E-state index in [0.29, 0.717) is 12.1 Å². The summed E-state index contributed by atoms with van der Waals surface area (Å²) in [5.41, 5.74) is 2.00. The van der Waals surface area contributed by atoms with E-state index in [1.807, 2.05) is 6.07 Å². The molecule has 0 radical (unpaired) electrons. The van der Waals surface area contributed by atoms with Gasteiger partial charge < -0.3 is 4.90 Å². The van der Waals surface area contributed by atoms with E-state index >= 15 is 0 Å². The number of likely N-dealkylation sites (N-methyl/N-ethyl adjacent to an activating group) is 1. The molecule has 25 heavy (non-hydrogen) atoms. The molecule has 1 saturated heterocycles. The third kappa shape index (κ3) is 3.90. The molecule has 1 amide bonds. The predicted molar refractivity (Wildman–Crippen MR) is 101 cm³/mol. The van der Waals surface area contributed by atoms with Gasteiger partial charge in [0.1, 0.15) is 0 Å². The van der Waals surface area contributed by atoms with Gasteiger partial charge in [0.25, 0.3) is 5.91 Å². The quantitative estimate of drug-likeness (QED) is 0.840. The molecule has 1 fully saturated rings. The minimum Gasteiger partial charge on any atom is -0.334 e. The van der Waals surface area contributed by atoms with Crippen molar-refractivity contribution < 1.29 is 4.79 Å². The fraction of sp³-hybridized carbons (Fsp3) is 0.429. The van der Waals surface area contributed by atoms with Gasteiger partial charge in [-0.15, -0.1) is 0 Å². The zero-order valence-corrected chi connectivity index (χ0v) is 15.3. The minimum absolute atomic E-state index is 0.114. The summed E-state index contributed by atoms with van der Waals surface area (Å²) in [6, 6.07) is 15.1. The molecule has 1 aromatic carbocycles. The molecule has 0 saturated carbocycles. The Bertz CT molecular complexity index is 687. The number of likely N-dealkylation sites (tertiary alicyclic amines) is 1. The van der Waals surface area contributed by atoms with Crippen LogP contribution >= 0.6 is 0 Å². The van der Waals surface area contributed by atoms with Gasteiger partial charge in [-0.2, -0.15) is 0 Å². The lowest BCUT2D eigenvalue weighted by Gasteiger charge is -2.35. The number of pyridine rings is 1. The molecule has 1 aromatic heterocycles. The summed E-state index contributed by atoms with van der Waals surface area (Å²) in [7, 11) is 2.17. The Morgan fingerprint density at radius 3 is 2.52 bits per heavy atom. The molecule has 2 atom stereocenters. The zero-order chi connectivity index (χ0) is 17.8. The van der Waals surface area contributed by atoms with Crippen LogP contribution in [0.25, 0.3) is 0 Å². The van der Waals surface area contributed by atoms with Crippen LogP contribution in [0.5, 0.6) is 0 Å². The number of benzene rings is 1. The highest BCUT2D eigenvalue weighted by Crippen LogP contribution is 2.28. The van der Waals surface area contributed by atoms with Crippen molar-refractivity contribution in [1.82, 2.24) is 14.8 Å². The number of carbonyl (C=O) groups excluding carboxylic acids is 1. The summed E-state index contributed by atoms with van der Waals surface area (Å²) < 4.78 is 0. The lowest BCUT2D eigenvalue weighted by molar-refractivity contribution is 0.0679. The molecule has 132 valence electrons. The van der Waals surface area contributed by atoms with Crippen molar-refractivity contribution in [2.45, 2.75) is 44.8 Å². The van der Waals surface area contributed by atoms with Gasteiger partial charge in [0.15, 0.2) is 0 Å². The largest absolute Gasteiger partial charge is 0.334 e. The average Bonchev–Trinajstić information content (AvgIpc) is 3.05. The van der Waals surface area contributed by atoms with Crippen molar-refractivity contribution >= 4 is 5.91 Å². The van der Waals surface area contributed by atoms with Crippen molar-refractivity contribution in [1.29, 1.82) is 0 Å². The molecular formula is C21H27N3O. The maximum Gasteiger partial charge on any atom is 0.254 e. The summed E-state index contributed by atoms with van der Waals surface area (Å²) >= 11 is 0. The highest BCUT2D eigenvalue weighted by molar-refractivity contribution is 5.94.